The molecule has 2 heterocycles. The van der Waals surface area contributed by atoms with Gasteiger partial charge in [-0.3, -0.25) is 0 Å². The number of rotatable bonds is 4. The second-order valence-electron chi connectivity index (χ2n) is 6.76. The van der Waals surface area contributed by atoms with Gasteiger partial charge < -0.3 is 15.5 Å². The SMILES string of the molecule is CN1CCC(CN(C)c2nc3c(cc2CN)CCC3)CC1. The Hall–Kier alpha value is -1.13. The summed E-state index contributed by atoms with van der Waals surface area (Å²) < 4.78 is 0. The van der Waals surface area contributed by atoms with Gasteiger partial charge in [0, 0.05) is 31.4 Å². The highest BCUT2D eigenvalue weighted by atomic mass is 15.2. The Labute approximate surface area is 128 Å². The number of anilines is 1. The van der Waals surface area contributed by atoms with Crippen molar-refractivity contribution >= 4 is 5.82 Å². The smallest absolute Gasteiger partial charge is 0.133 e. The van der Waals surface area contributed by atoms with E-state index in [4.69, 9.17) is 10.7 Å². The standard InChI is InChI=1S/C17H28N4/c1-20-8-6-13(7-9-20)12-21(2)17-15(11-18)10-14-4-3-5-16(14)19-17/h10,13H,3-9,11-12,18H2,1-2H3. The van der Waals surface area contributed by atoms with Crippen LogP contribution in [0.1, 0.15) is 36.1 Å². The van der Waals surface area contributed by atoms with Crippen LogP contribution in [0.15, 0.2) is 6.07 Å². The molecule has 21 heavy (non-hydrogen) atoms. The van der Waals surface area contributed by atoms with Crippen molar-refractivity contribution in [2.75, 3.05) is 38.6 Å². The zero-order valence-electron chi connectivity index (χ0n) is 13.4. The van der Waals surface area contributed by atoms with E-state index in [1.54, 1.807) is 0 Å². The van der Waals surface area contributed by atoms with Crippen molar-refractivity contribution in [3.8, 4) is 0 Å². The minimum Gasteiger partial charge on any atom is -0.359 e. The molecule has 0 aromatic carbocycles. The summed E-state index contributed by atoms with van der Waals surface area (Å²) in [5, 5.41) is 0. The van der Waals surface area contributed by atoms with Crippen LogP contribution >= 0.6 is 0 Å². The van der Waals surface area contributed by atoms with Crippen LogP contribution in [0.25, 0.3) is 0 Å². The molecule has 0 radical (unpaired) electrons. The molecule has 0 amide bonds. The van der Waals surface area contributed by atoms with Gasteiger partial charge >= 0.3 is 0 Å². The fraction of sp³-hybridized carbons (Fsp3) is 0.706. The largest absolute Gasteiger partial charge is 0.359 e. The van der Waals surface area contributed by atoms with Gasteiger partial charge in [-0.05, 0) is 69.8 Å². The van der Waals surface area contributed by atoms with Gasteiger partial charge in [0.25, 0.3) is 0 Å². The molecule has 1 fully saturated rings. The van der Waals surface area contributed by atoms with Crippen molar-refractivity contribution in [2.45, 2.75) is 38.6 Å². The first-order chi connectivity index (χ1) is 10.2. The quantitative estimate of drug-likeness (QED) is 0.918. The van der Waals surface area contributed by atoms with Crippen molar-refractivity contribution in [2.24, 2.45) is 11.7 Å². The van der Waals surface area contributed by atoms with Crippen molar-refractivity contribution in [1.29, 1.82) is 0 Å². The summed E-state index contributed by atoms with van der Waals surface area (Å²) >= 11 is 0. The molecule has 1 aromatic rings. The van der Waals surface area contributed by atoms with Crippen LogP contribution in [0, 0.1) is 5.92 Å². The summed E-state index contributed by atoms with van der Waals surface area (Å²) in [6.07, 6.45) is 6.14. The number of piperidine rings is 1. The van der Waals surface area contributed by atoms with Crippen LogP contribution in [-0.4, -0.2) is 43.6 Å². The summed E-state index contributed by atoms with van der Waals surface area (Å²) in [5.74, 6) is 1.91. The number of pyridine rings is 1. The van der Waals surface area contributed by atoms with E-state index in [0.717, 1.165) is 24.7 Å². The molecule has 1 aromatic heterocycles. The third-order valence-electron chi connectivity index (χ3n) is 5.06. The van der Waals surface area contributed by atoms with E-state index in [1.165, 1.54) is 55.6 Å². The van der Waals surface area contributed by atoms with Gasteiger partial charge in [-0.1, -0.05) is 0 Å². The lowest BCUT2D eigenvalue weighted by Crippen LogP contribution is -2.36. The highest BCUT2D eigenvalue weighted by molar-refractivity contribution is 5.50. The Morgan fingerprint density at radius 2 is 2.10 bits per heavy atom. The maximum absolute atomic E-state index is 5.96. The molecule has 0 bridgehead atoms. The van der Waals surface area contributed by atoms with Crippen molar-refractivity contribution in [3.05, 3.63) is 22.9 Å². The van der Waals surface area contributed by atoms with E-state index in [0.29, 0.717) is 6.54 Å². The van der Waals surface area contributed by atoms with Crippen LogP contribution in [0.4, 0.5) is 5.82 Å². The number of fused-ring (bicyclic) bond motifs is 1. The minimum atomic E-state index is 0.591. The maximum atomic E-state index is 5.96. The lowest BCUT2D eigenvalue weighted by Gasteiger charge is -2.32. The van der Waals surface area contributed by atoms with E-state index < -0.39 is 0 Å². The molecule has 1 aliphatic carbocycles. The number of aromatic nitrogens is 1. The number of likely N-dealkylation sites (tertiary alicyclic amines) is 1. The monoisotopic (exact) mass is 288 g/mol. The Bertz CT molecular complexity index is 492. The summed E-state index contributed by atoms with van der Waals surface area (Å²) in [4.78, 5) is 9.71. The van der Waals surface area contributed by atoms with Crippen LogP contribution < -0.4 is 10.6 Å². The van der Waals surface area contributed by atoms with Crippen molar-refractivity contribution in [1.82, 2.24) is 9.88 Å². The molecule has 1 saturated heterocycles. The Morgan fingerprint density at radius 3 is 2.81 bits per heavy atom. The van der Waals surface area contributed by atoms with Crippen molar-refractivity contribution < 1.29 is 0 Å². The summed E-state index contributed by atoms with van der Waals surface area (Å²) in [6, 6.07) is 2.30. The molecule has 0 spiro atoms. The van der Waals surface area contributed by atoms with E-state index in [-0.39, 0.29) is 0 Å². The zero-order chi connectivity index (χ0) is 14.8. The third kappa shape index (κ3) is 3.22. The molecule has 116 valence electrons. The number of hydrogen-bond acceptors (Lipinski definition) is 4. The first-order valence-corrected chi connectivity index (χ1v) is 8.28. The van der Waals surface area contributed by atoms with Crippen LogP contribution in [0.2, 0.25) is 0 Å². The summed E-state index contributed by atoms with van der Waals surface area (Å²) in [5.41, 5.74) is 9.90. The van der Waals surface area contributed by atoms with E-state index >= 15 is 0 Å². The van der Waals surface area contributed by atoms with Gasteiger partial charge in [0.1, 0.15) is 5.82 Å². The zero-order valence-corrected chi connectivity index (χ0v) is 13.4. The second kappa shape index (κ2) is 6.32. The van der Waals surface area contributed by atoms with Crippen LogP contribution in [-0.2, 0) is 19.4 Å². The second-order valence-corrected chi connectivity index (χ2v) is 6.76. The van der Waals surface area contributed by atoms with Gasteiger partial charge in [-0.2, -0.15) is 0 Å². The van der Waals surface area contributed by atoms with Gasteiger partial charge in [-0.25, -0.2) is 4.98 Å². The highest BCUT2D eigenvalue weighted by Crippen LogP contribution is 2.28. The number of nitrogens with two attached hydrogens (primary N) is 1. The average Bonchev–Trinajstić information content (AvgIpc) is 2.95. The minimum absolute atomic E-state index is 0.591. The Kier molecular flexibility index (Phi) is 4.45. The third-order valence-corrected chi connectivity index (χ3v) is 5.06. The number of aryl methyl sites for hydroxylation is 2. The highest BCUT2D eigenvalue weighted by Gasteiger charge is 2.22. The molecule has 2 aliphatic rings. The molecular weight excluding hydrogens is 260 g/mol. The van der Waals surface area contributed by atoms with Crippen LogP contribution in [0.3, 0.4) is 0 Å². The molecule has 2 N–H and O–H groups in total. The Balaban J connectivity index is 1.73. The summed E-state index contributed by atoms with van der Waals surface area (Å²) in [6.45, 7) is 4.14. The molecular formula is C17H28N4. The van der Waals surface area contributed by atoms with Gasteiger partial charge in [-0.15, -0.1) is 0 Å². The van der Waals surface area contributed by atoms with Gasteiger partial charge in [0.2, 0.25) is 0 Å². The predicted molar refractivity (Wildman–Crippen MR) is 87.6 cm³/mol. The van der Waals surface area contributed by atoms with Gasteiger partial charge in [0.15, 0.2) is 0 Å². The predicted octanol–water partition coefficient (Wildman–Crippen LogP) is 1.81. The molecule has 0 unspecified atom stereocenters. The van der Waals surface area contributed by atoms with E-state index in [9.17, 15) is 0 Å². The topological polar surface area (TPSA) is 45.4 Å². The maximum Gasteiger partial charge on any atom is 0.133 e. The first kappa shape index (κ1) is 14.8. The lowest BCUT2D eigenvalue weighted by molar-refractivity contribution is 0.222. The van der Waals surface area contributed by atoms with Crippen molar-refractivity contribution in [3.63, 3.8) is 0 Å². The molecule has 4 heteroatoms. The first-order valence-electron chi connectivity index (χ1n) is 8.28. The van der Waals surface area contributed by atoms with Crippen LogP contribution in [0.5, 0.6) is 0 Å². The normalized spacial score (nSPS) is 19.8. The molecule has 3 rings (SSSR count). The van der Waals surface area contributed by atoms with E-state index in [2.05, 4.69) is 30.0 Å². The average molecular weight is 288 g/mol. The van der Waals surface area contributed by atoms with E-state index in [1.807, 2.05) is 0 Å². The summed E-state index contributed by atoms with van der Waals surface area (Å²) in [7, 11) is 4.40. The number of hydrogen-bond donors (Lipinski definition) is 1. The fourth-order valence-corrected chi connectivity index (χ4v) is 3.71. The molecule has 4 nitrogen and oxygen atoms in total. The molecule has 1 aliphatic heterocycles. The lowest BCUT2D eigenvalue weighted by atomic mass is 9.96. The molecule has 0 saturated carbocycles. The fourth-order valence-electron chi connectivity index (χ4n) is 3.71. The molecule has 0 atom stereocenters. The number of nitrogens with zero attached hydrogens (tertiary/aromatic N) is 3. The Morgan fingerprint density at radius 1 is 1.33 bits per heavy atom. The van der Waals surface area contributed by atoms with Gasteiger partial charge in [0.05, 0.1) is 0 Å².